The molecule has 0 bridgehead atoms. The summed E-state index contributed by atoms with van der Waals surface area (Å²) >= 11 is 0.698. The normalized spacial score (nSPS) is 14.3. The lowest BCUT2D eigenvalue weighted by atomic mass is 10.1. The zero-order valence-electron chi connectivity index (χ0n) is 16.7. The minimum atomic E-state index is -1.39. The summed E-state index contributed by atoms with van der Waals surface area (Å²) in [4.78, 5) is 25.9. The number of urea groups is 1. The SMILES string of the molecule is Cc1cc(F)c(COc2nsc(NC(=O)NCCN3CCOCC3)c2C(=O)O)c(F)c1. The summed E-state index contributed by atoms with van der Waals surface area (Å²) in [7, 11) is 0. The number of nitrogens with one attached hydrogen (secondary N) is 2. The van der Waals surface area contributed by atoms with Gasteiger partial charge in [0.05, 0.1) is 18.8 Å². The molecule has 0 atom stereocenters. The highest BCUT2D eigenvalue weighted by Gasteiger charge is 2.24. The molecule has 0 radical (unpaired) electrons. The standard InChI is InChI=1S/C19H22F2N4O5S/c1-11-8-13(20)12(14(21)9-11)10-30-16-15(18(26)27)17(31-24-16)23-19(28)22-2-3-25-4-6-29-7-5-25/h8-9H,2-7,10H2,1H3,(H,26,27)(H2,22,23,28). The highest BCUT2D eigenvalue weighted by molar-refractivity contribution is 7.11. The maximum Gasteiger partial charge on any atom is 0.344 e. The highest BCUT2D eigenvalue weighted by atomic mass is 32.1. The molecule has 0 aliphatic carbocycles. The number of morpholine rings is 1. The van der Waals surface area contributed by atoms with E-state index in [1.807, 2.05) is 0 Å². The molecule has 0 unspecified atom stereocenters. The van der Waals surface area contributed by atoms with Crippen molar-refractivity contribution in [3.8, 4) is 5.88 Å². The van der Waals surface area contributed by atoms with Gasteiger partial charge in [0.25, 0.3) is 0 Å². The first-order valence-electron chi connectivity index (χ1n) is 9.50. The lowest BCUT2D eigenvalue weighted by molar-refractivity contribution is 0.0388. The number of rotatable bonds is 8. The molecule has 168 valence electrons. The Bertz CT molecular complexity index is 926. The fourth-order valence-corrected chi connectivity index (χ4v) is 3.68. The van der Waals surface area contributed by atoms with Crippen LogP contribution in [0.2, 0.25) is 0 Å². The van der Waals surface area contributed by atoms with Crippen LogP contribution in [0, 0.1) is 18.6 Å². The van der Waals surface area contributed by atoms with Crippen LogP contribution in [-0.2, 0) is 11.3 Å². The number of aromatic nitrogens is 1. The van der Waals surface area contributed by atoms with E-state index in [9.17, 15) is 23.5 Å². The number of aryl methyl sites for hydroxylation is 1. The summed E-state index contributed by atoms with van der Waals surface area (Å²) < 4.78 is 42.3. The van der Waals surface area contributed by atoms with E-state index in [1.165, 1.54) is 0 Å². The quantitative estimate of drug-likeness (QED) is 0.559. The van der Waals surface area contributed by atoms with Crippen molar-refractivity contribution in [3.05, 3.63) is 40.5 Å². The molecule has 1 aromatic carbocycles. The average molecular weight is 456 g/mol. The summed E-state index contributed by atoms with van der Waals surface area (Å²) in [6, 6.07) is 1.70. The third kappa shape index (κ3) is 6.09. The van der Waals surface area contributed by atoms with Gasteiger partial charge in [-0.05, 0) is 36.2 Å². The molecule has 1 aliphatic heterocycles. The van der Waals surface area contributed by atoms with Crippen LogP contribution in [-0.4, -0.2) is 65.8 Å². The molecule has 0 saturated carbocycles. The molecule has 12 heteroatoms. The molecular formula is C19H22F2N4O5S. The van der Waals surface area contributed by atoms with Crippen molar-refractivity contribution < 1.29 is 33.0 Å². The van der Waals surface area contributed by atoms with Gasteiger partial charge >= 0.3 is 12.0 Å². The number of amides is 2. The van der Waals surface area contributed by atoms with Crippen LogP contribution in [0.15, 0.2) is 12.1 Å². The topological polar surface area (TPSA) is 113 Å². The van der Waals surface area contributed by atoms with Gasteiger partial charge in [-0.25, -0.2) is 18.4 Å². The number of aromatic carboxylic acids is 1. The highest BCUT2D eigenvalue weighted by Crippen LogP contribution is 2.31. The minimum absolute atomic E-state index is 0.0452. The van der Waals surface area contributed by atoms with Crippen LogP contribution in [0.1, 0.15) is 21.5 Å². The van der Waals surface area contributed by atoms with E-state index in [0.717, 1.165) is 25.2 Å². The molecule has 31 heavy (non-hydrogen) atoms. The second-order valence-electron chi connectivity index (χ2n) is 6.83. The van der Waals surface area contributed by atoms with E-state index in [0.29, 0.717) is 43.4 Å². The number of carbonyl (C=O) groups excluding carboxylic acids is 1. The van der Waals surface area contributed by atoms with Crippen LogP contribution < -0.4 is 15.4 Å². The molecule has 1 saturated heterocycles. The molecule has 1 aliphatic rings. The van der Waals surface area contributed by atoms with Crippen LogP contribution in [0.5, 0.6) is 5.88 Å². The Kier molecular flexibility index (Phi) is 7.71. The van der Waals surface area contributed by atoms with Gasteiger partial charge in [0.1, 0.15) is 23.2 Å². The second kappa shape index (κ2) is 10.5. The van der Waals surface area contributed by atoms with Gasteiger partial charge in [-0.2, -0.15) is 4.37 Å². The van der Waals surface area contributed by atoms with Gasteiger partial charge < -0.3 is 19.9 Å². The van der Waals surface area contributed by atoms with Gasteiger partial charge in [0, 0.05) is 26.2 Å². The summed E-state index contributed by atoms with van der Waals surface area (Å²) in [6.07, 6.45) is 0. The van der Waals surface area contributed by atoms with Crippen molar-refractivity contribution in [2.24, 2.45) is 0 Å². The van der Waals surface area contributed by atoms with Gasteiger partial charge in [0.15, 0.2) is 5.56 Å². The summed E-state index contributed by atoms with van der Waals surface area (Å²) in [5.74, 6) is -3.33. The smallest absolute Gasteiger partial charge is 0.344 e. The molecule has 3 rings (SSSR count). The fourth-order valence-electron chi connectivity index (χ4n) is 2.96. The Morgan fingerprint density at radius 2 is 1.97 bits per heavy atom. The number of carboxylic acid groups (broad SMARTS) is 1. The predicted molar refractivity (Wildman–Crippen MR) is 109 cm³/mol. The van der Waals surface area contributed by atoms with Gasteiger partial charge in [-0.15, -0.1) is 0 Å². The predicted octanol–water partition coefficient (Wildman–Crippen LogP) is 2.46. The number of nitrogens with zero attached hydrogens (tertiary/aromatic N) is 2. The first kappa shape index (κ1) is 22.8. The molecule has 0 spiro atoms. The van der Waals surface area contributed by atoms with Crippen molar-refractivity contribution in [2.45, 2.75) is 13.5 Å². The van der Waals surface area contributed by atoms with E-state index < -0.39 is 30.2 Å². The van der Waals surface area contributed by atoms with E-state index in [-0.39, 0.29) is 22.0 Å². The summed E-state index contributed by atoms with van der Waals surface area (Å²) in [5.41, 5.74) is -0.323. The number of anilines is 1. The number of halogens is 2. The number of carbonyl (C=O) groups is 2. The van der Waals surface area contributed by atoms with Gasteiger partial charge in [0.2, 0.25) is 5.88 Å². The molecule has 3 N–H and O–H groups in total. The fraction of sp³-hybridized carbons (Fsp3) is 0.421. The maximum absolute atomic E-state index is 14.0. The minimum Gasteiger partial charge on any atom is -0.477 e. The summed E-state index contributed by atoms with van der Waals surface area (Å²) in [6.45, 7) is 4.85. The molecule has 9 nitrogen and oxygen atoms in total. The molecule has 1 fully saturated rings. The lowest BCUT2D eigenvalue weighted by Crippen LogP contribution is -2.42. The Balaban J connectivity index is 1.59. The van der Waals surface area contributed by atoms with E-state index in [4.69, 9.17) is 9.47 Å². The number of hydrogen-bond acceptors (Lipinski definition) is 7. The van der Waals surface area contributed by atoms with Crippen molar-refractivity contribution in [1.82, 2.24) is 14.6 Å². The summed E-state index contributed by atoms with van der Waals surface area (Å²) in [5, 5.41) is 14.5. The Hall–Kier alpha value is -2.83. The van der Waals surface area contributed by atoms with E-state index in [1.54, 1.807) is 6.92 Å². The number of benzene rings is 1. The first-order chi connectivity index (χ1) is 14.8. The van der Waals surface area contributed by atoms with Crippen LogP contribution in [0.4, 0.5) is 18.6 Å². The lowest BCUT2D eigenvalue weighted by Gasteiger charge is -2.26. The van der Waals surface area contributed by atoms with E-state index >= 15 is 0 Å². The maximum atomic E-state index is 14.0. The molecule has 2 heterocycles. The van der Waals surface area contributed by atoms with Crippen molar-refractivity contribution in [2.75, 3.05) is 44.7 Å². The Labute approximate surface area is 181 Å². The zero-order valence-corrected chi connectivity index (χ0v) is 17.6. The van der Waals surface area contributed by atoms with Crippen molar-refractivity contribution >= 4 is 28.5 Å². The third-order valence-corrected chi connectivity index (χ3v) is 5.30. The molecular weight excluding hydrogens is 434 g/mol. The Morgan fingerprint density at radius 1 is 1.29 bits per heavy atom. The van der Waals surface area contributed by atoms with Crippen LogP contribution in [0.3, 0.4) is 0 Å². The third-order valence-electron chi connectivity index (χ3n) is 4.56. The van der Waals surface area contributed by atoms with Crippen molar-refractivity contribution in [3.63, 3.8) is 0 Å². The number of hydrogen-bond donors (Lipinski definition) is 3. The first-order valence-corrected chi connectivity index (χ1v) is 10.3. The zero-order chi connectivity index (χ0) is 22.4. The monoisotopic (exact) mass is 456 g/mol. The largest absolute Gasteiger partial charge is 0.477 e. The van der Waals surface area contributed by atoms with Crippen molar-refractivity contribution in [1.29, 1.82) is 0 Å². The molecule has 2 aromatic rings. The number of ether oxygens (including phenoxy) is 2. The second-order valence-corrected chi connectivity index (χ2v) is 7.60. The van der Waals surface area contributed by atoms with Gasteiger partial charge in [-0.3, -0.25) is 10.2 Å². The van der Waals surface area contributed by atoms with Gasteiger partial charge in [-0.1, -0.05) is 0 Å². The van der Waals surface area contributed by atoms with Crippen LogP contribution in [0.25, 0.3) is 0 Å². The Morgan fingerprint density at radius 3 is 2.61 bits per heavy atom. The average Bonchev–Trinajstić information content (AvgIpc) is 3.10. The van der Waals surface area contributed by atoms with E-state index in [2.05, 4.69) is 19.9 Å². The number of carboxylic acids is 1. The molecule has 2 amide bonds. The van der Waals surface area contributed by atoms with Crippen LogP contribution >= 0.6 is 11.5 Å². The molecule has 1 aromatic heterocycles.